The van der Waals surface area contributed by atoms with E-state index in [-0.39, 0.29) is 35.4 Å². The van der Waals surface area contributed by atoms with E-state index in [0.29, 0.717) is 45.3 Å². The van der Waals surface area contributed by atoms with Crippen molar-refractivity contribution in [1.82, 2.24) is 19.5 Å². The van der Waals surface area contributed by atoms with Crippen LogP contribution in [0.2, 0.25) is 0 Å². The highest BCUT2D eigenvalue weighted by atomic mass is 32.2. The van der Waals surface area contributed by atoms with Gasteiger partial charge in [-0.1, -0.05) is 60.7 Å². The number of hydrogen-bond donors (Lipinski definition) is 1. The first-order chi connectivity index (χ1) is 22.2. The number of hydrogen-bond acceptors (Lipinski definition) is 8. The van der Waals surface area contributed by atoms with Crippen LogP contribution in [0.25, 0.3) is 0 Å². The van der Waals surface area contributed by atoms with Gasteiger partial charge in [0.2, 0.25) is 15.9 Å². The Morgan fingerprint density at radius 2 is 1.57 bits per heavy atom. The third-order valence-electron chi connectivity index (χ3n) is 9.39. The Labute approximate surface area is 271 Å². The molecule has 1 unspecified atom stereocenters. The molecular weight excluding hydrogens is 604 g/mol. The van der Waals surface area contributed by atoms with Crippen LogP contribution in [0, 0.1) is 5.92 Å². The SMILES string of the molecule is CN1CCN(C)c2ncc(S(=O)(=O)N[C@H]3CC[C@H](C(=O)N4CCN(C(=O)OCc5ccccc5)CC4c4ccccc4)CC3)cc21. The van der Waals surface area contributed by atoms with E-state index in [1.165, 1.54) is 6.20 Å². The van der Waals surface area contributed by atoms with Gasteiger partial charge in [-0.3, -0.25) is 4.79 Å². The zero-order chi connectivity index (χ0) is 32.3. The van der Waals surface area contributed by atoms with Crippen molar-refractivity contribution in [2.45, 2.75) is 49.3 Å². The van der Waals surface area contributed by atoms with Crippen LogP contribution in [0.3, 0.4) is 0 Å². The summed E-state index contributed by atoms with van der Waals surface area (Å²) in [7, 11) is 0.116. The highest BCUT2D eigenvalue weighted by molar-refractivity contribution is 7.89. The molecule has 1 saturated heterocycles. The average Bonchev–Trinajstić information content (AvgIpc) is 3.09. The fourth-order valence-corrected chi connectivity index (χ4v) is 7.91. The number of rotatable bonds is 7. The molecule has 3 aliphatic rings. The Balaban J connectivity index is 1.07. The highest BCUT2D eigenvalue weighted by Gasteiger charge is 2.38. The zero-order valence-electron chi connectivity index (χ0n) is 26.4. The van der Waals surface area contributed by atoms with E-state index >= 15 is 0 Å². The smallest absolute Gasteiger partial charge is 0.410 e. The number of pyridine rings is 1. The number of sulfonamides is 1. The first kappa shape index (κ1) is 31.8. The van der Waals surface area contributed by atoms with Gasteiger partial charge in [-0.2, -0.15) is 0 Å². The molecule has 1 aromatic heterocycles. The standard InChI is InChI=1S/C34H42N6O5S/c1-37-17-18-38(2)32-30(37)21-29(22-35-32)46(43,44)36-28-15-13-27(14-16-28)33(41)40-20-19-39(23-31(40)26-11-7-4-8-12-26)34(42)45-24-25-9-5-3-6-10-25/h3-12,21-22,27-28,31,36H,13-20,23-24H2,1-2H3/t27-,28-,31?. The number of aromatic nitrogens is 1. The minimum absolute atomic E-state index is 0.0542. The lowest BCUT2D eigenvalue weighted by Gasteiger charge is -2.43. The highest BCUT2D eigenvalue weighted by Crippen LogP contribution is 2.34. The van der Waals surface area contributed by atoms with Crippen LogP contribution in [0.1, 0.15) is 42.9 Å². The topological polar surface area (TPSA) is 115 Å². The average molecular weight is 647 g/mol. The van der Waals surface area contributed by atoms with Gasteiger partial charge >= 0.3 is 6.09 Å². The lowest BCUT2D eigenvalue weighted by atomic mass is 9.85. The van der Waals surface area contributed by atoms with Crippen molar-refractivity contribution < 1.29 is 22.7 Å². The van der Waals surface area contributed by atoms with Gasteiger partial charge in [0.15, 0.2) is 5.82 Å². The maximum Gasteiger partial charge on any atom is 0.410 e. The van der Waals surface area contributed by atoms with Gasteiger partial charge < -0.3 is 24.3 Å². The molecule has 2 fully saturated rings. The van der Waals surface area contributed by atoms with Crippen LogP contribution in [0.5, 0.6) is 0 Å². The fraction of sp³-hybridized carbons (Fsp3) is 0.441. The van der Waals surface area contributed by atoms with Crippen molar-refractivity contribution in [3.63, 3.8) is 0 Å². The summed E-state index contributed by atoms with van der Waals surface area (Å²) in [5.74, 6) is 0.613. The van der Waals surface area contributed by atoms with E-state index in [1.54, 1.807) is 11.0 Å². The molecule has 0 radical (unpaired) electrons. The van der Waals surface area contributed by atoms with E-state index in [1.807, 2.05) is 89.5 Å². The molecule has 11 nitrogen and oxygen atoms in total. The molecule has 3 heterocycles. The molecule has 0 bridgehead atoms. The molecule has 2 amide bonds. The second kappa shape index (κ2) is 13.7. The number of likely N-dealkylation sites (N-methyl/N-ethyl adjacent to an activating group) is 2. The molecule has 1 aliphatic carbocycles. The van der Waals surface area contributed by atoms with E-state index in [9.17, 15) is 18.0 Å². The van der Waals surface area contributed by atoms with Crippen molar-refractivity contribution in [3.8, 4) is 0 Å². The normalized spacial score (nSPS) is 21.9. The number of benzene rings is 2. The molecule has 46 heavy (non-hydrogen) atoms. The number of carbonyl (C=O) groups excluding carboxylic acids is 2. The Bertz CT molecular complexity index is 1630. The van der Waals surface area contributed by atoms with Gasteiger partial charge in [0, 0.05) is 65.0 Å². The molecule has 2 aliphatic heterocycles. The number of amides is 2. The summed E-state index contributed by atoms with van der Waals surface area (Å²) in [6.45, 7) is 2.94. The van der Waals surface area contributed by atoms with E-state index in [0.717, 1.165) is 35.7 Å². The van der Waals surface area contributed by atoms with Crippen LogP contribution in [0.15, 0.2) is 77.8 Å². The monoisotopic (exact) mass is 646 g/mol. The summed E-state index contributed by atoms with van der Waals surface area (Å²) in [6.07, 6.45) is 3.34. The Kier molecular flexibility index (Phi) is 9.46. The van der Waals surface area contributed by atoms with Crippen LogP contribution < -0.4 is 14.5 Å². The van der Waals surface area contributed by atoms with Crippen LogP contribution in [-0.2, 0) is 26.2 Å². The van der Waals surface area contributed by atoms with Crippen molar-refractivity contribution in [3.05, 3.63) is 84.1 Å². The number of fused-ring (bicyclic) bond motifs is 1. The summed E-state index contributed by atoms with van der Waals surface area (Å²) in [6, 6.07) is 20.5. The maximum absolute atomic E-state index is 14.0. The second-order valence-corrected chi connectivity index (χ2v) is 14.2. The van der Waals surface area contributed by atoms with Crippen molar-refractivity contribution in [2.24, 2.45) is 5.92 Å². The number of piperazine rings is 1. The number of anilines is 2. The molecule has 1 N–H and O–H groups in total. The van der Waals surface area contributed by atoms with Crippen molar-refractivity contribution in [2.75, 3.05) is 56.6 Å². The lowest BCUT2D eigenvalue weighted by Crippen LogP contribution is -2.54. The molecule has 1 saturated carbocycles. The Morgan fingerprint density at radius 3 is 2.28 bits per heavy atom. The van der Waals surface area contributed by atoms with Crippen molar-refractivity contribution in [1.29, 1.82) is 0 Å². The quantitative estimate of drug-likeness (QED) is 0.410. The predicted octanol–water partition coefficient (Wildman–Crippen LogP) is 4.03. The van der Waals surface area contributed by atoms with Crippen LogP contribution >= 0.6 is 0 Å². The van der Waals surface area contributed by atoms with Gasteiger partial charge in [0.25, 0.3) is 0 Å². The summed E-state index contributed by atoms with van der Waals surface area (Å²) in [4.78, 5) is 39.2. The summed E-state index contributed by atoms with van der Waals surface area (Å²) in [5, 5.41) is 0. The Morgan fingerprint density at radius 1 is 0.891 bits per heavy atom. The third kappa shape index (κ3) is 6.97. The molecule has 3 aromatic rings. The summed E-state index contributed by atoms with van der Waals surface area (Å²) in [5.41, 5.74) is 2.68. The van der Waals surface area contributed by atoms with Gasteiger partial charge in [-0.15, -0.1) is 0 Å². The minimum Gasteiger partial charge on any atom is -0.445 e. The number of ether oxygens (including phenoxy) is 1. The van der Waals surface area contributed by atoms with E-state index in [2.05, 4.69) is 9.71 Å². The first-order valence-corrected chi connectivity index (χ1v) is 17.4. The molecule has 2 aromatic carbocycles. The summed E-state index contributed by atoms with van der Waals surface area (Å²) >= 11 is 0. The van der Waals surface area contributed by atoms with E-state index in [4.69, 9.17) is 4.74 Å². The third-order valence-corrected chi connectivity index (χ3v) is 10.9. The lowest BCUT2D eigenvalue weighted by molar-refractivity contribution is -0.141. The zero-order valence-corrected chi connectivity index (χ0v) is 27.2. The predicted molar refractivity (Wildman–Crippen MR) is 176 cm³/mol. The van der Waals surface area contributed by atoms with Gasteiger partial charge in [-0.25, -0.2) is 22.9 Å². The molecular formula is C34H42N6O5S. The van der Waals surface area contributed by atoms with Crippen molar-refractivity contribution >= 4 is 33.5 Å². The minimum atomic E-state index is -3.78. The summed E-state index contributed by atoms with van der Waals surface area (Å²) < 4.78 is 35.2. The first-order valence-electron chi connectivity index (χ1n) is 16.0. The number of nitrogens with zero attached hydrogens (tertiary/aromatic N) is 5. The molecule has 12 heteroatoms. The van der Waals surface area contributed by atoms with Crippen LogP contribution in [-0.4, -0.2) is 88.1 Å². The molecule has 0 spiro atoms. The molecule has 1 atom stereocenters. The largest absolute Gasteiger partial charge is 0.445 e. The molecule has 244 valence electrons. The van der Waals surface area contributed by atoms with Gasteiger partial charge in [0.1, 0.15) is 11.5 Å². The van der Waals surface area contributed by atoms with Gasteiger partial charge in [0.05, 0.1) is 11.7 Å². The fourth-order valence-electron chi connectivity index (χ4n) is 6.64. The van der Waals surface area contributed by atoms with Gasteiger partial charge in [-0.05, 0) is 42.9 Å². The van der Waals surface area contributed by atoms with E-state index < -0.39 is 16.1 Å². The molecule has 6 rings (SSSR count). The Hall–Kier alpha value is -4.16. The van der Waals surface area contributed by atoms with Crippen LogP contribution in [0.4, 0.5) is 16.3 Å². The number of nitrogens with one attached hydrogen (secondary N) is 1. The maximum atomic E-state index is 14.0. The second-order valence-electron chi connectivity index (χ2n) is 12.5. The number of carbonyl (C=O) groups is 2.